The summed E-state index contributed by atoms with van der Waals surface area (Å²) in [7, 11) is 0. The SMILES string of the molecule is O=C(COC(=O)C1CCCN(C(=O)c2cccs2)C1)Nc1ccccc1. The Balaban J connectivity index is 1.48. The van der Waals surface area contributed by atoms with Crippen molar-refractivity contribution in [1.29, 1.82) is 0 Å². The lowest BCUT2D eigenvalue weighted by atomic mass is 9.98. The smallest absolute Gasteiger partial charge is 0.311 e. The zero-order valence-electron chi connectivity index (χ0n) is 14.2. The molecule has 0 bridgehead atoms. The topological polar surface area (TPSA) is 75.7 Å². The molecule has 2 amide bonds. The summed E-state index contributed by atoms with van der Waals surface area (Å²) in [6.07, 6.45) is 1.40. The molecule has 7 heteroatoms. The second-order valence-electron chi connectivity index (χ2n) is 6.09. The number of likely N-dealkylation sites (tertiary alicyclic amines) is 1. The fraction of sp³-hybridized carbons (Fsp3) is 0.316. The normalized spacial score (nSPS) is 16.8. The van der Waals surface area contributed by atoms with Gasteiger partial charge in [-0.15, -0.1) is 11.3 Å². The number of amides is 2. The molecule has 1 fully saturated rings. The number of nitrogens with zero attached hydrogens (tertiary/aromatic N) is 1. The van der Waals surface area contributed by atoms with E-state index in [9.17, 15) is 14.4 Å². The zero-order chi connectivity index (χ0) is 18.4. The number of rotatable bonds is 5. The Morgan fingerprint density at radius 3 is 2.69 bits per heavy atom. The number of ether oxygens (including phenoxy) is 1. The van der Waals surface area contributed by atoms with Crippen LogP contribution in [0.15, 0.2) is 47.8 Å². The van der Waals surface area contributed by atoms with Gasteiger partial charge < -0.3 is 15.0 Å². The van der Waals surface area contributed by atoms with E-state index in [1.54, 1.807) is 23.1 Å². The second-order valence-corrected chi connectivity index (χ2v) is 7.04. The van der Waals surface area contributed by atoms with Crippen molar-refractivity contribution < 1.29 is 19.1 Å². The largest absolute Gasteiger partial charge is 0.455 e. The Hall–Kier alpha value is -2.67. The fourth-order valence-corrected chi connectivity index (χ4v) is 3.57. The van der Waals surface area contributed by atoms with Gasteiger partial charge in [0.05, 0.1) is 10.8 Å². The molecule has 0 aliphatic carbocycles. The number of hydrogen-bond donors (Lipinski definition) is 1. The number of carbonyl (C=O) groups is 3. The van der Waals surface area contributed by atoms with Gasteiger partial charge in [0.15, 0.2) is 6.61 Å². The highest BCUT2D eigenvalue weighted by Crippen LogP contribution is 2.21. The van der Waals surface area contributed by atoms with E-state index >= 15 is 0 Å². The average molecular weight is 372 g/mol. The van der Waals surface area contributed by atoms with Gasteiger partial charge in [-0.3, -0.25) is 14.4 Å². The fourth-order valence-electron chi connectivity index (χ4n) is 2.88. The molecule has 1 aromatic heterocycles. The van der Waals surface area contributed by atoms with Gasteiger partial charge in [-0.1, -0.05) is 24.3 Å². The maximum atomic E-state index is 12.4. The quantitative estimate of drug-likeness (QED) is 0.819. The molecule has 2 heterocycles. The van der Waals surface area contributed by atoms with Crippen LogP contribution in [0.5, 0.6) is 0 Å². The number of esters is 1. The summed E-state index contributed by atoms with van der Waals surface area (Å²) in [5, 5.41) is 4.52. The summed E-state index contributed by atoms with van der Waals surface area (Å²) in [6.45, 7) is 0.633. The van der Waals surface area contributed by atoms with Crippen LogP contribution in [0.25, 0.3) is 0 Å². The van der Waals surface area contributed by atoms with E-state index in [-0.39, 0.29) is 18.4 Å². The number of thiophene rings is 1. The molecule has 2 aromatic rings. The molecule has 0 saturated carbocycles. The number of para-hydroxylation sites is 1. The Kier molecular flexibility index (Phi) is 6.01. The molecule has 1 aromatic carbocycles. The van der Waals surface area contributed by atoms with Gasteiger partial charge in [0, 0.05) is 18.8 Å². The van der Waals surface area contributed by atoms with E-state index in [0.29, 0.717) is 30.1 Å². The molecule has 3 rings (SSSR count). The maximum absolute atomic E-state index is 12.4. The second kappa shape index (κ2) is 8.62. The molecule has 6 nitrogen and oxygen atoms in total. The highest BCUT2D eigenvalue weighted by atomic mass is 32.1. The van der Waals surface area contributed by atoms with E-state index in [1.165, 1.54) is 11.3 Å². The number of piperidine rings is 1. The number of benzene rings is 1. The minimum atomic E-state index is -0.433. The summed E-state index contributed by atoms with van der Waals surface area (Å²) < 4.78 is 5.15. The third-order valence-electron chi connectivity index (χ3n) is 4.18. The van der Waals surface area contributed by atoms with E-state index in [2.05, 4.69) is 5.32 Å². The van der Waals surface area contributed by atoms with Crippen molar-refractivity contribution in [3.8, 4) is 0 Å². The van der Waals surface area contributed by atoms with E-state index in [0.717, 1.165) is 6.42 Å². The molecule has 1 saturated heterocycles. The number of nitrogens with one attached hydrogen (secondary N) is 1. The van der Waals surface area contributed by atoms with Gasteiger partial charge >= 0.3 is 5.97 Å². The van der Waals surface area contributed by atoms with Crippen LogP contribution in [0, 0.1) is 5.92 Å². The summed E-state index contributed by atoms with van der Waals surface area (Å²) >= 11 is 1.39. The minimum absolute atomic E-state index is 0.0562. The molecule has 0 radical (unpaired) electrons. The van der Waals surface area contributed by atoms with Gasteiger partial charge in [-0.2, -0.15) is 0 Å². The predicted octanol–water partition coefficient (Wildman–Crippen LogP) is 2.78. The van der Waals surface area contributed by atoms with Crippen LogP contribution in [0.1, 0.15) is 22.5 Å². The van der Waals surface area contributed by atoms with Gasteiger partial charge in [0.1, 0.15) is 0 Å². The summed E-state index contributed by atoms with van der Waals surface area (Å²) in [5.41, 5.74) is 0.652. The highest BCUT2D eigenvalue weighted by Gasteiger charge is 2.30. The maximum Gasteiger partial charge on any atom is 0.311 e. The van der Waals surface area contributed by atoms with E-state index in [1.807, 2.05) is 29.6 Å². The number of carbonyl (C=O) groups excluding carboxylic acids is 3. The molecule has 136 valence electrons. The van der Waals surface area contributed by atoms with Crippen molar-refractivity contribution in [3.63, 3.8) is 0 Å². The molecule has 0 spiro atoms. The Morgan fingerprint density at radius 2 is 1.96 bits per heavy atom. The molecule has 26 heavy (non-hydrogen) atoms. The monoisotopic (exact) mass is 372 g/mol. The van der Waals surface area contributed by atoms with Crippen molar-refractivity contribution in [2.45, 2.75) is 12.8 Å². The van der Waals surface area contributed by atoms with Crippen LogP contribution in [-0.4, -0.2) is 42.4 Å². The molecule has 1 aliphatic heterocycles. The van der Waals surface area contributed by atoms with Gasteiger partial charge in [0.2, 0.25) is 0 Å². The first-order chi connectivity index (χ1) is 12.6. The highest BCUT2D eigenvalue weighted by molar-refractivity contribution is 7.12. The average Bonchev–Trinajstić information content (AvgIpc) is 3.21. The van der Waals surface area contributed by atoms with Crippen molar-refractivity contribution in [1.82, 2.24) is 4.90 Å². The molecule has 1 atom stereocenters. The van der Waals surface area contributed by atoms with Crippen LogP contribution in [0.4, 0.5) is 5.69 Å². The van der Waals surface area contributed by atoms with Crippen LogP contribution in [0.3, 0.4) is 0 Å². The first-order valence-corrected chi connectivity index (χ1v) is 9.36. The lowest BCUT2D eigenvalue weighted by Crippen LogP contribution is -2.43. The lowest BCUT2D eigenvalue weighted by Gasteiger charge is -2.31. The van der Waals surface area contributed by atoms with Crippen molar-refractivity contribution in [2.75, 3.05) is 25.0 Å². The first-order valence-electron chi connectivity index (χ1n) is 8.48. The molecule has 1 N–H and O–H groups in total. The van der Waals surface area contributed by atoms with Crippen molar-refractivity contribution >= 4 is 34.8 Å². The summed E-state index contributed by atoms with van der Waals surface area (Å²) in [4.78, 5) is 38.9. The summed E-state index contributed by atoms with van der Waals surface area (Å²) in [6, 6.07) is 12.6. The third-order valence-corrected chi connectivity index (χ3v) is 5.03. The van der Waals surface area contributed by atoms with E-state index in [4.69, 9.17) is 4.74 Å². The van der Waals surface area contributed by atoms with E-state index < -0.39 is 11.9 Å². The predicted molar refractivity (Wildman–Crippen MR) is 99.0 cm³/mol. The van der Waals surface area contributed by atoms with Crippen LogP contribution in [0.2, 0.25) is 0 Å². The Labute approximate surface area is 155 Å². The van der Waals surface area contributed by atoms with Gasteiger partial charge in [0.25, 0.3) is 11.8 Å². The van der Waals surface area contributed by atoms with Gasteiger partial charge in [-0.25, -0.2) is 0 Å². The third kappa shape index (κ3) is 4.70. The first kappa shape index (κ1) is 18.1. The molecular formula is C19H20N2O4S. The number of anilines is 1. The standard InChI is InChI=1S/C19H20N2O4S/c22-17(20-15-7-2-1-3-8-15)13-25-19(24)14-6-4-10-21(12-14)18(23)16-9-5-11-26-16/h1-3,5,7-9,11,14H,4,6,10,12-13H2,(H,20,22). The molecule has 1 unspecified atom stereocenters. The van der Waals surface area contributed by atoms with Crippen LogP contribution >= 0.6 is 11.3 Å². The Morgan fingerprint density at radius 1 is 1.15 bits per heavy atom. The van der Waals surface area contributed by atoms with Crippen LogP contribution < -0.4 is 5.32 Å². The van der Waals surface area contributed by atoms with Crippen molar-refractivity contribution in [2.24, 2.45) is 5.92 Å². The van der Waals surface area contributed by atoms with Gasteiger partial charge in [-0.05, 0) is 36.4 Å². The Bertz CT molecular complexity index is 761. The minimum Gasteiger partial charge on any atom is -0.455 e. The molecular weight excluding hydrogens is 352 g/mol. The lowest BCUT2D eigenvalue weighted by molar-refractivity contribution is -0.152. The zero-order valence-corrected chi connectivity index (χ0v) is 15.0. The van der Waals surface area contributed by atoms with Crippen LogP contribution in [-0.2, 0) is 14.3 Å². The number of hydrogen-bond acceptors (Lipinski definition) is 5. The summed E-state index contributed by atoms with van der Waals surface area (Å²) in [5.74, 6) is -1.26. The van der Waals surface area contributed by atoms with Crippen molar-refractivity contribution in [3.05, 3.63) is 52.7 Å². The molecule has 1 aliphatic rings.